The van der Waals surface area contributed by atoms with Crippen molar-refractivity contribution < 1.29 is 9.53 Å². The molecule has 6 heteroatoms. The number of piperidine rings is 1. The van der Waals surface area contributed by atoms with Crippen LogP contribution in [0.3, 0.4) is 0 Å². The van der Waals surface area contributed by atoms with E-state index in [0.29, 0.717) is 13.2 Å². The van der Waals surface area contributed by atoms with E-state index >= 15 is 0 Å². The highest BCUT2D eigenvalue weighted by Gasteiger charge is 2.29. The van der Waals surface area contributed by atoms with Gasteiger partial charge in [-0.05, 0) is 44.0 Å². The van der Waals surface area contributed by atoms with Gasteiger partial charge in [-0.2, -0.15) is 5.10 Å². The molecule has 4 rings (SSSR count). The van der Waals surface area contributed by atoms with Crippen molar-refractivity contribution in [3.8, 4) is 0 Å². The van der Waals surface area contributed by atoms with Crippen molar-refractivity contribution in [1.82, 2.24) is 20.0 Å². The lowest BCUT2D eigenvalue weighted by Gasteiger charge is -2.32. The number of likely N-dealkylation sites (tertiary alicyclic amines) is 1. The van der Waals surface area contributed by atoms with Crippen LogP contribution in [0.5, 0.6) is 0 Å². The van der Waals surface area contributed by atoms with Crippen LogP contribution in [0.15, 0.2) is 36.5 Å². The summed E-state index contributed by atoms with van der Waals surface area (Å²) in [5.41, 5.74) is 3.42. The largest absolute Gasteiger partial charge is 0.370 e. The highest BCUT2D eigenvalue weighted by molar-refractivity contribution is 5.81. The molecule has 2 aliphatic heterocycles. The van der Waals surface area contributed by atoms with Crippen LogP contribution in [0.4, 0.5) is 0 Å². The van der Waals surface area contributed by atoms with E-state index in [2.05, 4.69) is 28.5 Å². The third kappa shape index (κ3) is 4.22. The van der Waals surface area contributed by atoms with Crippen LogP contribution in [0.2, 0.25) is 0 Å². The molecule has 1 aromatic carbocycles. The van der Waals surface area contributed by atoms with E-state index in [1.807, 2.05) is 29.9 Å². The van der Waals surface area contributed by atoms with Gasteiger partial charge in [0, 0.05) is 12.7 Å². The predicted molar refractivity (Wildman–Crippen MR) is 103 cm³/mol. The van der Waals surface area contributed by atoms with Gasteiger partial charge in [-0.3, -0.25) is 14.4 Å². The summed E-state index contributed by atoms with van der Waals surface area (Å²) in [6.45, 7) is 2.90. The Bertz CT molecular complexity index is 774. The first-order valence-corrected chi connectivity index (χ1v) is 9.90. The molecule has 1 N–H and O–H groups in total. The van der Waals surface area contributed by atoms with Crippen LogP contribution in [0, 0.1) is 0 Å². The zero-order valence-electron chi connectivity index (χ0n) is 15.9. The minimum atomic E-state index is -0.163. The molecule has 6 nitrogen and oxygen atoms in total. The summed E-state index contributed by atoms with van der Waals surface area (Å²) >= 11 is 0. The predicted octanol–water partition coefficient (Wildman–Crippen LogP) is 2.15. The first-order chi connectivity index (χ1) is 13.2. The Kier molecular flexibility index (Phi) is 5.55. The summed E-state index contributed by atoms with van der Waals surface area (Å²) in [7, 11) is 2.03. The van der Waals surface area contributed by atoms with E-state index in [9.17, 15) is 4.79 Å². The fraction of sp³-hybridized carbons (Fsp3) is 0.524. The van der Waals surface area contributed by atoms with Crippen molar-refractivity contribution in [2.45, 2.75) is 44.4 Å². The van der Waals surface area contributed by atoms with Crippen molar-refractivity contribution >= 4 is 5.91 Å². The van der Waals surface area contributed by atoms with Crippen molar-refractivity contribution in [3.63, 3.8) is 0 Å². The van der Waals surface area contributed by atoms with Gasteiger partial charge in [0.2, 0.25) is 5.91 Å². The molecular formula is C21H28N4O2. The van der Waals surface area contributed by atoms with Crippen LogP contribution < -0.4 is 5.32 Å². The molecule has 0 bridgehead atoms. The lowest BCUT2D eigenvalue weighted by Crippen LogP contribution is -2.48. The third-order valence-electron chi connectivity index (χ3n) is 5.59. The average Bonchev–Trinajstić information content (AvgIpc) is 3.10. The van der Waals surface area contributed by atoms with Crippen LogP contribution >= 0.6 is 0 Å². The van der Waals surface area contributed by atoms with Gasteiger partial charge in [-0.15, -0.1) is 0 Å². The van der Waals surface area contributed by atoms with Gasteiger partial charge in [0.1, 0.15) is 6.10 Å². The Morgan fingerprint density at radius 1 is 1.30 bits per heavy atom. The number of ether oxygens (including phenoxy) is 1. The number of carbonyl (C=O) groups excluding carboxylic acids is 1. The maximum Gasteiger partial charge on any atom is 0.237 e. The average molecular weight is 368 g/mol. The van der Waals surface area contributed by atoms with E-state index < -0.39 is 0 Å². The SMILES string of the molecule is CN1CCCC[C@H]1C(=O)NC[C@@H]1OCCc2cn(Cc3ccccc3)nc21. The summed E-state index contributed by atoms with van der Waals surface area (Å²) in [5.74, 6) is 0.108. The van der Waals surface area contributed by atoms with Gasteiger partial charge >= 0.3 is 0 Å². The molecule has 2 atom stereocenters. The molecule has 1 aromatic heterocycles. The monoisotopic (exact) mass is 368 g/mol. The summed E-state index contributed by atoms with van der Waals surface area (Å²) in [6, 6.07) is 10.3. The molecule has 3 heterocycles. The number of nitrogens with one attached hydrogen (secondary N) is 1. The fourth-order valence-corrected chi connectivity index (χ4v) is 4.06. The summed E-state index contributed by atoms with van der Waals surface area (Å²) in [6.07, 6.45) is 6.06. The highest BCUT2D eigenvalue weighted by atomic mass is 16.5. The number of fused-ring (bicyclic) bond motifs is 1. The molecule has 1 amide bonds. The van der Waals surface area contributed by atoms with Crippen LogP contribution in [0.25, 0.3) is 0 Å². The Balaban J connectivity index is 1.40. The Morgan fingerprint density at radius 3 is 2.96 bits per heavy atom. The number of aromatic nitrogens is 2. The second kappa shape index (κ2) is 8.23. The quantitative estimate of drug-likeness (QED) is 0.879. The molecule has 1 saturated heterocycles. The van der Waals surface area contributed by atoms with Gasteiger partial charge in [0.15, 0.2) is 0 Å². The molecule has 0 aliphatic carbocycles. The van der Waals surface area contributed by atoms with Gasteiger partial charge in [-0.1, -0.05) is 36.8 Å². The zero-order valence-corrected chi connectivity index (χ0v) is 15.9. The number of rotatable bonds is 5. The van der Waals surface area contributed by atoms with E-state index in [1.54, 1.807) is 0 Å². The molecular weight excluding hydrogens is 340 g/mol. The van der Waals surface area contributed by atoms with Gasteiger partial charge < -0.3 is 10.1 Å². The number of amides is 1. The maximum absolute atomic E-state index is 12.6. The zero-order chi connectivity index (χ0) is 18.6. The fourth-order valence-electron chi connectivity index (χ4n) is 4.06. The first kappa shape index (κ1) is 18.2. The molecule has 0 saturated carbocycles. The molecule has 0 unspecified atom stereocenters. The van der Waals surface area contributed by atoms with Crippen molar-refractivity contribution in [3.05, 3.63) is 53.3 Å². The summed E-state index contributed by atoms with van der Waals surface area (Å²) < 4.78 is 7.91. The minimum absolute atomic E-state index is 0.0163. The van der Waals surface area contributed by atoms with E-state index in [4.69, 9.17) is 9.84 Å². The van der Waals surface area contributed by atoms with Crippen molar-refractivity contribution in [2.75, 3.05) is 26.7 Å². The Hall–Kier alpha value is -2.18. The second-order valence-corrected chi connectivity index (χ2v) is 7.57. The minimum Gasteiger partial charge on any atom is -0.370 e. The molecule has 2 aromatic rings. The molecule has 1 fully saturated rings. The van der Waals surface area contributed by atoms with E-state index in [0.717, 1.165) is 38.0 Å². The third-order valence-corrected chi connectivity index (χ3v) is 5.59. The topological polar surface area (TPSA) is 59.4 Å². The number of benzene rings is 1. The first-order valence-electron chi connectivity index (χ1n) is 9.90. The van der Waals surface area contributed by atoms with Crippen molar-refractivity contribution in [2.24, 2.45) is 0 Å². The molecule has 0 spiro atoms. The normalized spacial score (nSPS) is 23.0. The van der Waals surface area contributed by atoms with Crippen molar-refractivity contribution in [1.29, 1.82) is 0 Å². The standard InChI is InChI=1S/C21H28N4O2/c1-24-11-6-5-9-18(24)21(26)22-13-19-20-17(10-12-27-19)15-25(23-20)14-16-7-3-2-4-8-16/h2-4,7-8,15,18-19H,5-6,9-14H2,1H3,(H,22,26)/t18-,19-/m0/s1. The lowest BCUT2D eigenvalue weighted by atomic mass is 10.0. The maximum atomic E-state index is 12.6. The number of likely N-dealkylation sites (N-methyl/N-ethyl adjacent to an activating group) is 1. The number of hydrogen-bond donors (Lipinski definition) is 1. The smallest absolute Gasteiger partial charge is 0.237 e. The molecule has 2 aliphatic rings. The van der Waals surface area contributed by atoms with Crippen LogP contribution in [0.1, 0.15) is 42.2 Å². The molecule has 27 heavy (non-hydrogen) atoms. The molecule has 144 valence electrons. The van der Waals surface area contributed by atoms with E-state index in [1.165, 1.54) is 17.5 Å². The summed E-state index contributed by atoms with van der Waals surface area (Å²) in [5, 5.41) is 7.86. The summed E-state index contributed by atoms with van der Waals surface area (Å²) in [4.78, 5) is 14.7. The second-order valence-electron chi connectivity index (χ2n) is 7.57. The Morgan fingerprint density at radius 2 is 2.15 bits per heavy atom. The number of nitrogens with zero attached hydrogens (tertiary/aromatic N) is 3. The van der Waals surface area contributed by atoms with Gasteiger partial charge in [0.05, 0.1) is 24.9 Å². The van der Waals surface area contributed by atoms with Gasteiger partial charge in [-0.25, -0.2) is 0 Å². The number of carbonyl (C=O) groups is 1. The number of hydrogen-bond acceptors (Lipinski definition) is 4. The van der Waals surface area contributed by atoms with Gasteiger partial charge in [0.25, 0.3) is 0 Å². The van der Waals surface area contributed by atoms with Crippen LogP contribution in [-0.4, -0.2) is 53.4 Å². The van der Waals surface area contributed by atoms with E-state index in [-0.39, 0.29) is 18.1 Å². The molecule has 0 radical (unpaired) electrons. The lowest BCUT2D eigenvalue weighted by molar-refractivity contribution is -0.127. The Labute approximate surface area is 160 Å². The van der Waals surface area contributed by atoms with Crippen LogP contribution in [-0.2, 0) is 22.5 Å². The highest BCUT2D eigenvalue weighted by Crippen LogP contribution is 2.26.